The predicted molar refractivity (Wildman–Crippen MR) is 137 cm³/mol. The molecule has 0 fully saturated rings. The van der Waals surface area contributed by atoms with Gasteiger partial charge in [0.2, 0.25) is 5.88 Å². The van der Waals surface area contributed by atoms with Crippen molar-refractivity contribution >= 4 is 27.8 Å². The van der Waals surface area contributed by atoms with Gasteiger partial charge in [0.25, 0.3) is 5.56 Å². The summed E-state index contributed by atoms with van der Waals surface area (Å²) in [6, 6.07) is 11.3. The van der Waals surface area contributed by atoms with Gasteiger partial charge in [-0.1, -0.05) is 22.0 Å². The second-order valence-electron chi connectivity index (χ2n) is 8.22. The van der Waals surface area contributed by atoms with Crippen molar-refractivity contribution in [3.05, 3.63) is 95.4 Å². The Labute approximate surface area is 204 Å². The third-order valence-corrected chi connectivity index (χ3v) is 6.32. The number of aromatic amines is 1. The van der Waals surface area contributed by atoms with Crippen molar-refractivity contribution in [3.63, 3.8) is 0 Å². The normalized spacial score (nSPS) is 11.5. The van der Waals surface area contributed by atoms with Crippen LogP contribution < -0.4 is 11.2 Å². The van der Waals surface area contributed by atoms with Gasteiger partial charge in [0, 0.05) is 10.7 Å². The van der Waals surface area contributed by atoms with Crippen LogP contribution in [0.2, 0.25) is 0 Å². The molecule has 34 heavy (non-hydrogen) atoms. The van der Waals surface area contributed by atoms with Gasteiger partial charge in [0.15, 0.2) is 0 Å². The number of hydrogen-bond donors (Lipinski definition) is 2. The zero-order valence-corrected chi connectivity index (χ0v) is 21.1. The number of rotatable bonds is 4. The van der Waals surface area contributed by atoms with Gasteiger partial charge in [-0.05, 0) is 81.6 Å². The molecule has 2 aromatic carbocycles. The molecule has 0 unspecified atom stereocenters. The van der Waals surface area contributed by atoms with E-state index >= 15 is 0 Å². The molecular formula is C25H24BrN5O3. The number of halogens is 1. The summed E-state index contributed by atoms with van der Waals surface area (Å²) < 4.78 is 3.69. The molecule has 0 radical (unpaired) electrons. The molecule has 0 amide bonds. The van der Waals surface area contributed by atoms with E-state index in [0.29, 0.717) is 17.1 Å². The molecule has 0 saturated carbocycles. The molecule has 2 N–H and O–H groups in total. The van der Waals surface area contributed by atoms with Crippen molar-refractivity contribution in [2.75, 3.05) is 0 Å². The minimum absolute atomic E-state index is 0.125. The number of aliphatic imine (C=N–C) groups is 1. The smallest absolute Gasteiger partial charge is 0.335 e. The van der Waals surface area contributed by atoms with Crippen molar-refractivity contribution in [1.29, 1.82) is 0 Å². The lowest BCUT2D eigenvalue weighted by atomic mass is 10.1. The molecular weight excluding hydrogens is 498 g/mol. The molecule has 0 atom stereocenters. The second kappa shape index (κ2) is 8.90. The van der Waals surface area contributed by atoms with Gasteiger partial charge in [-0.3, -0.25) is 14.8 Å². The number of benzene rings is 2. The molecule has 9 heteroatoms. The number of aryl methyl sites for hydroxylation is 4. The van der Waals surface area contributed by atoms with Crippen LogP contribution in [0.1, 0.15) is 33.6 Å². The first kappa shape index (κ1) is 23.4. The number of nitrogens with zero attached hydrogens (tertiary/aromatic N) is 4. The van der Waals surface area contributed by atoms with E-state index in [1.54, 1.807) is 23.7 Å². The Hall–Kier alpha value is -3.72. The maximum Gasteiger partial charge on any atom is 0.335 e. The highest BCUT2D eigenvalue weighted by molar-refractivity contribution is 9.10. The topological polar surface area (TPSA) is 105 Å². The molecule has 0 aliphatic heterocycles. The van der Waals surface area contributed by atoms with Gasteiger partial charge < -0.3 is 5.11 Å². The molecule has 0 aliphatic rings. The first-order valence-corrected chi connectivity index (χ1v) is 11.4. The highest BCUT2D eigenvalue weighted by Gasteiger charge is 2.17. The summed E-state index contributed by atoms with van der Waals surface area (Å²) in [7, 11) is 0. The van der Waals surface area contributed by atoms with E-state index in [2.05, 4.69) is 44.0 Å². The first-order valence-electron chi connectivity index (χ1n) is 10.6. The average molecular weight is 522 g/mol. The number of hydrogen-bond acceptors (Lipinski definition) is 5. The van der Waals surface area contributed by atoms with Crippen LogP contribution in [0, 0.1) is 34.6 Å². The molecule has 4 rings (SSSR count). The molecule has 8 nitrogen and oxygen atoms in total. The van der Waals surface area contributed by atoms with Crippen LogP contribution in [0.15, 0.2) is 55.5 Å². The minimum Gasteiger partial charge on any atom is -0.493 e. The summed E-state index contributed by atoms with van der Waals surface area (Å²) in [5.41, 5.74) is 4.87. The summed E-state index contributed by atoms with van der Waals surface area (Å²) in [4.78, 5) is 31.8. The van der Waals surface area contributed by atoms with Gasteiger partial charge in [-0.2, -0.15) is 5.10 Å². The Kier molecular flexibility index (Phi) is 6.14. The zero-order valence-electron chi connectivity index (χ0n) is 19.5. The Morgan fingerprint density at radius 3 is 2.41 bits per heavy atom. The summed E-state index contributed by atoms with van der Waals surface area (Å²) in [6.07, 6.45) is 1.26. The lowest BCUT2D eigenvalue weighted by molar-refractivity contribution is 0.430. The fourth-order valence-corrected chi connectivity index (χ4v) is 4.28. The standard InChI is InChI=1S/C25H24BrN5O3/c1-13-6-8-19(11-14(13)2)31-17(5)22(16(4)29-31)27-12-20-23(32)28-25(34)30(24(20)33)21-9-7-18(26)10-15(21)3/h6-12,33H,1-5H3,(H,28,32,34). The van der Waals surface area contributed by atoms with Crippen LogP contribution in [-0.2, 0) is 0 Å². The Morgan fingerprint density at radius 2 is 1.74 bits per heavy atom. The summed E-state index contributed by atoms with van der Waals surface area (Å²) >= 11 is 3.39. The fraction of sp³-hybridized carbons (Fsp3) is 0.200. The van der Waals surface area contributed by atoms with Gasteiger partial charge in [0.1, 0.15) is 11.3 Å². The van der Waals surface area contributed by atoms with Crippen LogP contribution in [-0.4, -0.2) is 30.7 Å². The van der Waals surface area contributed by atoms with Crippen molar-refractivity contribution in [1.82, 2.24) is 19.3 Å². The van der Waals surface area contributed by atoms with Crippen molar-refractivity contribution < 1.29 is 5.11 Å². The van der Waals surface area contributed by atoms with E-state index in [-0.39, 0.29) is 5.56 Å². The molecule has 4 aromatic rings. The lowest BCUT2D eigenvalue weighted by Gasteiger charge is -2.12. The fourth-order valence-electron chi connectivity index (χ4n) is 3.81. The van der Waals surface area contributed by atoms with Gasteiger partial charge in [-0.15, -0.1) is 0 Å². The zero-order chi connectivity index (χ0) is 24.7. The number of nitrogens with one attached hydrogen (secondary N) is 1. The van der Waals surface area contributed by atoms with E-state index in [4.69, 9.17) is 0 Å². The third-order valence-electron chi connectivity index (χ3n) is 5.83. The molecule has 2 heterocycles. The van der Waals surface area contributed by atoms with Crippen LogP contribution in [0.5, 0.6) is 5.88 Å². The second-order valence-corrected chi connectivity index (χ2v) is 9.14. The molecule has 0 aliphatic carbocycles. The van der Waals surface area contributed by atoms with Crippen LogP contribution in [0.25, 0.3) is 11.4 Å². The van der Waals surface area contributed by atoms with E-state index < -0.39 is 17.1 Å². The maximum atomic E-state index is 12.5. The van der Waals surface area contributed by atoms with Gasteiger partial charge >= 0.3 is 5.69 Å². The Balaban J connectivity index is 1.81. The highest BCUT2D eigenvalue weighted by Crippen LogP contribution is 2.27. The summed E-state index contributed by atoms with van der Waals surface area (Å²) in [5, 5.41) is 15.5. The van der Waals surface area contributed by atoms with Crippen LogP contribution in [0.4, 0.5) is 5.69 Å². The first-order chi connectivity index (χ1) is 16.1. The van der Waals surface area contributed by atoms with Crippen molar-refractivity contribution in [2.45, 2.75) is 34.6 Å². The Bertz CT molecular complexity index is 1580. The van der Waals surface area contributed by atoms with Crippen LogP contribution >= 0.6 is 15.9 Å². The van der Waals surface area contributed by atoms with Gasteiger partial charge in [0.05, 0.1) is 22.8 Å². The Morgan fingerprint density at radius 1 is 1.00 bits per heavy atom. The number of aromatic hydroxyl groups is 1. The molecule has 174 valence electrons. The highest BCUT2D eigenvalue weighted by atomic mass is 79.9. The van der Waals surface area contributed by atoms with Crippen LogP contribution in [0.3, 0.4) is 0 Å². The van der Waals surface area contributed by atoms with E-state index in [1.165, 1.54) is 11.8 Å². The lowest BCUT2D eigenvalue weighted by Crippen LogP contribution is -2.31. The maximum absolute atomic E-state index is 12.5. The predicted octanol–water partition coefficient (Wildman–Crippen LogP) is 4.47. The van der Waals surface area contributed by atoms with Crippen molar-refractivity contribution in [3.8, 4) is 17.3 Å². The minimum atomic E-state index is -0.736. The SMILES string of the molecule is Cc1ccc(-n2nc(C)c(N=Cc3c(O)n(-c4ccc(Br)cc4C)c(=O)[nH]c3=O)c2C)cc1C. The van der Waals surface area contributed by atoms with E-state index in [1.807, 2.05) is 39.0 Å². The molecule has 0 saturated heterocycles. The molecule has 0 spiro atoms. The summed E-state index contributed by atoms with van der Waals surface area (Å²) in [6.45, 7) is 9.61. The number of H-pyrrole nitrogens is 1. The quantitative estimate of drug-likeness (QED) is 0.386. The van der Waals surface area contributed by atoms with E-state index in [0.717, 1.165) is 31.5 Å². The van der Waals surface area contributed by atoms with E-state index in [9.17, 15) is 14.7 Å². The monoisotopic (exact) mass is 521 g/mol. The van der Waals surface area contributed by atoms with Crippen molar-refractivity contribution in [2.24, 2.45) is 4.99 Å². The third kappa shape index (κ3) is 4.14. The molecule has 2 aromatic heterocycles. The average Bonchev–Trinajstić information content (AvgIpc) is 3.05. The number of aromatic nitrogens is 4. The van der Waals surface area contributed by atoms with Gasteiger partial charge in [-0.25, -0.2) is 14.0 Å². The molecule has 0 bridgehead atoms. The largest absolute Gasteiger partial charge is 0.493 e. The summed E-state index contributed by atoms with van der Waals surface area (Å²) in [5.74, 6) is -0.486.